The Balaban J connectivity index is 2.05. The van der Waals surface area contributed by atoms with Crippen molar-refractivity contribution in [3.8, 4) is 6.07 Å². The van der Waals surface area contributed by atoms with E-state index in [1.54, 1.807) is 0 Å². The van der Waals surface area contributed by atoms with E-state index in [0.29, 0.717) is 24.3 Å². The normalized spacial score (nSPS) is 15.1. The van der Waals surface area contributed by atoms with Gasteiger partial charge < -0.3 is 4.90 Å². The largest absolute Gasteiger partial charge is 0.435 e. The lowest BCUT2D eigenvalue weighted by molar-refractivity contribution is -0.141. The van der Waals surface area contributed by atoms with Gasteiger partial charge in [-0.25, -0.2) is 9.50 Å². The predicted octanol–water partition coefficient (Wildman–Crippen LogP) is 2.63. The molecule has 1 saturated carbocycles. The van der Waals surface area contributed by atoms with Crippen LogP contribution in [0.3, 0.4) is 0 Å². The summed E-state index contributed by atoms with van der Waals surface area (Å²) in [6, 6.07) is 3.31. The fourth-order valence-corrected chi connectivity index (χ4v) is 2.29. The van der Waals surface area contributed by atoms with Crippen molar-refractivity contribution in [2.75, 3.05) is 11.4 Å². The summed E-state index contributed by atoms with van der Waals surface area (Å²) in [5, 5.41) is 12.3. The fraction of sp³-hybridized carbons (Fsp3) is 0.462. The van der Waals surface area contributed by atoms with Gasteiger partial charge in [-0.15, -0.1) is 0 Å². The van der Waals surface area contributed by atoms with Gasteiger partial charge in [0.2, 0.25) is 0 Å². The molecule has 0 saturated heterocycles. The van der Waals surface area contributed by atoms with Crippen LogP contribution >= 0.6 is 0 Å². The monoisotopic (exact) mass is 295 g/mol. The topological polar surface area (TPSA) is 57.2 Å². The maximum atomic E-state index is 12.8. The molecule has 8 heteroatoms. The first kappa shape index (κ1) is 13.7. The van der Waals surface area contributed by atoms with Gasteiger partial charge in [-0.2, -0.15) is 23.5 Å². The highest BCUT2D eigenvalue weighted by molar-refractivity contribution is 5.70. The van der Waals surface area contributed by atoms with E-state index in [1.165, 1.54) is 16.9 Å². The minimum absolute atomic E-state index is 0.251. The molecule has 110 valence electrons. The molecule has 0 N–H and O–H groups in total. The van der Waals surface area contributed by atoms with Gasteiger partial charge in [0.15, 0.2) is 11.5 Å². The Kier molecular flexibility index (Phi) is 3.20. The molecule has 0 spiro atoms. The van der Waals surface area contributed by atoms with Crippen molar-refractivity contribution in [3.05, 3.63) is 24.2 Å². The number of anilines is 1. The third kappa shape index (κ3) is 2.63. The van der Waals surface area contributed by atoms with E-state index in [2.05, 4.69) is 16.2 Å². The first-order chi connectivity index (χ1) is 10.0. The number of halogens is 3. The number of fused-ring (bicyclic) bond motifs is 1. The molecule has 0 atom stereocenters. The van der Waals surface area contributed by atoms with Crippen molar-refractivity contribution < 1.29 is 13.2 Å². The zero-order valence-corrected chi connectivity index (χ0v) is 11.0. The Morgan fingerprint density at radius 1 is 1.43 bits per heavy atom. The second-order valence-corrected chi connectivity index (χ2v) is 4.94. The average molecular weight is 295 g/mol. The molecule has 0 bridgehead atoms. The number of hydrogen-bond donors (Lipinski definition) is 0. The summed E-state index contributed by atoms with van der Waals surface area (Å²) in [6.45, 7) is 0.459. The van der Waals surface area contributed by atoms with Gasteiger partial charge in [-0.05, 0) is 12.8 Å². The van der Waals surface area contributed by atoms with Gasteiger partial charge in [-0.1, -0.05) is 0 Å². The van der Waals surface area contributed by atoms with Crippen LogP contribution in [0.25, 0.3) is 5.52 Å². The van der Waals surface area contributed by atoms with Crippen molar-refractivity contribution in [1.82, 2.24) is 14.6 Å². The van der Waals surface area contributed by atoms with Gasteiger partial charge in [-0.3, -0.25) is 0 Å². The van der Waals surface area contributed by atoms with Crippen LogP contribution in [0.5, 0.6) is 0 Å². The van der Waals surface area contributed by atoms with Crippen LogP contribution in [-0.4, -0.2) is 27.2 Å². The highest BCUT2D eigenvalue weighted by Gasteiger charge is 2.36. The van der Waals surface area contributed by atoms with Crippen LogP contribution in [0, 0.1) is 11.3 Å². The van der Waals surface area contributed by atoms with E-state index in [1.807, 2.05) is 4.90 Å². The summed E-state index contributed by atoms with van der Waals surface area (Å²) < 4.78 is 39.5. The standard InChI is InChI=1S/C13H12F3N5/c14-13(15,16)11-8-10-12(18-5-7-21(10)19-11)20(6-1-4-17)9-2-3-9/h5,7-9H,1-3,6H2. The summed E-state index contributed by atoms with van der Waals surface area (Å²) in [7, 11) is 0. The molecular formula is C13H12F3N5. The van der Waals surface area contributed by atoms with E-state index in [-0.39, 0.29) is 6.04 Å². The van der Waals surface area contributed by atoms with Crippen LogP contribution in [0.2, 0.25) is 0 Å². The molecule has 0 aliphatic heterocycles. The van der Waals surface area contributed by atoms with Crippen LogP contribution in [0.15, 0.2) is 18.5 Å². The number of nitriles is 1. The Morgan fingerprint density at radius 3 is 2.81 bits per heavy atom. The Morgan fingerprint density at radius 2 is 2.19 bits per heavy atom. The van der Waals surface area contributed by atoms with E-state index >= 15 is 0 Å². The van der Waals surface area contributed by atoms with Crippen molar-refractivity contribution in [2.24, 2.45) is 0 Å². The van der Waals surface area contributed by atoms with Gasteiger partial charge >= 0.3 is 6.18 Å². The van der Waals surface area contributed by atoms with E-state index in [9.17, 15) is 13.2 Å². The first-order valence-electron chi connectivity index (χ1n) is 6.56. The molecule has 2 aromatic rings. The third-order valence-corrected chi connectivity index (χ3v) is 3.38. The van der Waals surface area contributed by atoms with E-state index in [0.717, 1.165) is 18.9 Å². The molecule has 1 aliphatic rings. The molecule has 1 aliphatic carbocycles. The maximum Gasteiger partial charge on any atom is 0.435 e. The number of alkyl halides is 3. The first-order valence-corrected chi connectivity index (χ1v) is 6.56. The zero-order valence-electron chi connectivity index (χ0n) is 11.0. The Hall–Kier alpha value is -2.30. The summed E-state index contributed by atoms with van der Waals surface area (Å²) >= 11 is 0. The van der Waals surface area contributed by atoms with Gasteiger partial charge in [0, 0.05) is 31.0 Å². The molecule has 1 fully saturated rings. The highest BCUT2D eigenvalue weighted by atomic mass is 19.4. The fourth-order valence-electron chi connectivity index (χ4n) is 2.29. The number of nitrogens with zero attached hydrogens (tertiary/aromatic N) is 5. The highest BCUT2D eigenvalue weighted by Crippen LogP contribution is 2.35. The van der Waals surface area contributed by atoms with Gasteiger partial charge in [0.05, 0.1) is 12.5 Å². The van der Waals surface area contributed by atoms with Gasteiger partial charge in [0.1, 0.15) is 5.52 Å². The minimum atomic E-state index is -4.49. The smallest absolute Gasteiger partial charge is 0.351 e. The molecule has 3 rings (SSSR count). The quantitative estimate of drug-likeness (QED) is 0.870. The molecule has 0 amide bonds. The maximum absolute atomic E-state index is 12.8. The zero-order chi connectivity index (χ0) is 15.0. The van der Waals surface area contributed by atoms with Crippen LogP contribution in [0.4, 0.5) is 19.0 Å². The Bertz CT molecular complexity index is 696. The minimum Gasteiger partial charge on any atom is -0.351 e. The van der Waals surface area contributed by atoms with Gasteiger partial charge in [0.25, 0.3) is 0 Å². The number of hydrogen-bond acceptors (Lipinski definition) is 4. The van der Waals surface area contributed by atoms with E-state index in [4.69, 9.17) is 5.26 Å². The molecule has 0 unspecified atom stereocenters. The summed E-state index contributed by atoms with van der Waals surface area (Å²) in [5.74, 6) is 0.457. The molecule has 2 aromatic heterocycles. The Labute approximate surface area is 118 Å². The van der Waals surface area contributed by atoms with Crippen molar-refractivity contribution in [2.45, 2.75) is 31.5 Å². The number of rotatable bonds is 4. The van der Waals surface area contributed by atoms with Crippen LogP contribution in [-0.2, 0) is 6.18 Å². The molecule has 0 aromatic carbocycles. The van der Waals surface area contributed by atoms with Crippen LogP contribution in [0.1, 0.15) is 25.0 Å². The lowest BCUT2D eigenvalue weighted by Crippen LogP contribution is -2.28. The summed E-state index contributed by atoms with van der Waals surface area (Å²) in [6.07, 6.45) is 0.573. The van der Waals surface area contributed by atoms with Crippen molar-refractivity contribution in [1.29, 1.82) is 5.26 Å². The summed E-state index contributed by atoms with van der Waals surface area (Å²) in [5.41, 5.74) is -0.623. The third-order valence-electron chi connectivity index (χ3n) is 3.38. The molecule has 5 nitrogen and oxygen atoms in total. The lowest BCUT2D eigenvalue weighted by Gasteiger charge is -2.22. The SMILES string of the molecule is N#CCCN(c1nccn2nc(C(F)(F)F)cc12)C1CC1. The molecular weight excluding hydrogens is 283 g/mol. The molecule has 2 heterocycles. The second-order valence-electron chi connectivity index (χ2n) is 4.94. The van der Waals surface area contributed by atoms with Crippen molar-refractivity contribution in [3.63, 3.8) is 0 Å². The van der Waals surface area contributed by atoms with Crippen molar-refractivity contribution >= 4 is 11.3 Å². The lowest BCUT2D eigenvalue weighted by atomic mass is 10.3. The second kappa shape index (κ2) is 4.91. The molecule has 21 heavy (non-hydrogen) atoms. The van der Waals surface area contributed by atoms with E-state index < -0.39 is 11.9 Å². The van der Waals surface area contributed by atoms with Crippen LogP contribution < -0.4 is 4.90 Å². The predicted molar refractivity (Wildman–Crippen MR) is 68.6 cm³/mol. The molecule has 0 radical (unpaired) electrons. The average Bonchev–Trinajstić information content (AvgIpc) is 3.15. The number of aromatic nitrogens is 3. The summed E-state index contributed by atoms with van der Waals surface area (Å²) in [4.78, 5) is 6.11.